The monoisotopic (exact) mass is 168 g/mol. The Labute approximate surface area is 74.5 Å². The highest BCUT2D eigenvalue weighted by atomic mass is 19.1. The van der Waals surface area contributed by atoms with Crippen molar-refractivity contribution in [3.63, 3.8) is 0 Å². The molecule has 0 aliphatic heterocycles. The molecule has 0 bridgehead atoms. The highest BCUT2D eigenvalue weighted by Gasteiger charge is 2.03. The van der Waals surface area contributed by atoms with Gasteiger partial charge < -0.3 is 0 Å². The van der Waals surface area contributed by atoms with Gasteiger partial charge in [0, 0.05) is 0 Å². The van der Waals surface area contributed by atoms with Crippen molar-refractivity contribution in [3.8, 4) is 0 Å². The summed E-state index contributed by atoms with van der Waals surface area (Å²) in [6.07, 6.45) is 4.54. The van der Waals surface area contributed by atoms with E-state index in [0.717, 1.165) is 24.0 Å². The van der Waals surface area contributed by atoms with Gasteiger partial charge in [0.15, 0.2) is 0 Å². The van der Waals surface area contributed by atoms with Crippen LogP contribution in [-0.2, 0) is 0 Å². The van der Waals surface area contributed by atoms with Crippen LogP contribution in [0.5, 0.6) is 0 Å². The minimum absolute atomic E-state index is 0.146. The molecule has 0 radical (unpaired) electrons. The van der Waals surface area contributed by atoms with Crippen molar-refractivity contribution in [3.05, 3.63) is 35.7 Å². The summed E-state index contributed by atoms with van der Waals surface area (Å²) in [5, 5.41) is 0. The fourth-order valence-electron chi connectivity index (χ4n) is 1.09. The predicted molar refractivity (Wildman–Crippen MR) is 52.7 cm³/mol. The van der Waals surface area contributed by atoms with E-state index in [9.17, 15) is 4.39 Å². The molecule has 0 rings (SSSR count). The summed E-state index contributed by atoms with van der Waals surface area (Å²) in [5.41, 5.74) is 1.94. The van der Waals surface area contributed by atoms with E-state index in [2.05, 4.69) is 6.58 Å². The second-order valence-electron chi connectivity index (χ2n) is 2.72. The molecule has 0 aromatic rings. The van der Waals surface area contributed by atoms with Crippen molar-refractivity contribution in [2.45, 2.75) is 33.6 Å². The lowest BCUT2D eigenvalue weighted by Gasteiger charge is -2.05. The summed E-state index contributed by atoms with van der Waals surface area (Å²) < 4.78 is 13.2. The minimum Gasteiger partial charge on any atom is -0.207 e. The van der Waals surface area contributed by atoms with Crippen molar-refractivity contribution in [1.29, 1.82) is 0 Å². The number of halogens is 1. The molecule has 0 N–H and O–H groups in total. The molecule has 0 atom stereocenters. The van der Waals surface area contributed by atoms with Gasteiger partial charge in [-0.25, -0.2) is 4.39 Å². The zero-order valence-corrected chi connectivity index (χ0v) is 8.15. The zero-order valence-electron chi connectivity index (χ0n) is 8.15. The van der Waals surface area contributed by atoms with Gasteiger partial charge in [0.2, 0.25) is 0 Å². The molecule has 0 aromatic heterocycles. The summed E-state index contributed by atoms with van der Waals surface area (Å²) in [6, 6.07) is 0. The lowest BCUT2D eigenvalue weighted by atomic mass is 10.0. The standard InChI is InChI=1S/C11H17F/c1-5-8-11(12)10(7-3)9(4)6-2/h5,8H,1,6-7H2,2-4H3/b10-9+,11-8+. The van der Waals surface area contributed by atoms with Crippen molar-refractivity contribution in [2.75, 3.05) is 0 Å². The lowest BCUT2D eigenvalue weighted by Crippen LogP contribution is -1.87. The molecule has 0 aliphatic rings. The summed E-state index contributed by atoms with van der Waals surface area (Å²) >= 11 is 0. The fourth-order valence-corrected chi connectivity index (χ4v) is 1.09. The highest BCUT2D eigenvalue weighted by Crippen LogP contribution is 2.21. The molecule has 0 spiro atoms. The molecule has 0 amide bonds. The Morgan fingerprint density at radius 1 is 1.33 bits per heavy atom. The van der Waals surface area contributed by atoms with Crippen LogP contribution in [0.15, 0.2) is 35.7 Å². The Kier molecular flexibility index (Phi) is 5.35. The number of hydrogen-bond acceptors (Lipinski definition) is 0. The SMILES string of the molecule is C=C/C=C(F)\C(CC)=C(/C)CC. The zero-order chi connectivity index (χ0) is 9.56. The number of allylic oxidation sites excluding steroid dienone is 5. The van der Waals surface area contributed by atoms with Gasteiger partial charge in [0.1, 0.15) is 5.83 Å². The third kappa shape index (κ3) is 3.04. The molecule has 0 saturated carbocycles. The first kappa shape index (κ1) is 11.2. The molecule has 0 heterocycles. The van der Waals surface area contributed by atoms with Gasteiger partial charge >= 0.3 is 0 Å². The van der Waals surface area contributed by atoms with E-state index in [1.165, 1.54) is 12.2 Å². The van der Waals surface area contributed by atoms with Crippen molar-refractivity contribution < 1.29 is 4.39 Å². The van der Waals surface area contributed by atoms with Gasteiger partial charge in [0.25, 0.3) is 0 Å². The smallest absolute Gasteiger partial charge is 0.126 e. The predicted octanol–water partition coefficient (Wildman–Crippen LogP) is 4.16. The molecular formula is C11H17F. The normalized spacial score (nSPS) is 14.2. The van der Waals surface area contributed by atoms with Gasteiger partial charge in [-0.2, -0.15) is 0 Å². The number of hydrogen-bond donors (Lipinski definition) is 0. The van der Waals surface area contributed by atoms with E-state index in [-0.39, 0.29) is 5.83 Å². The van der Waals surface area contributed by atoms with Gasteiger partial charge in [-0.15, -0.1) is 0 Å². The van der Waals surface area contributed by atoms with Crippen molar-refractivity contribution in [1.82, 2.24) is 0 Å². The van der Waals surface area contributed by atoms with Gasteiger partial charge in [-0.3, -0.25) is 0 Å². The Bertz CT molecular complexity index is 204. The maximum absolute atomic E-state index is 13.2. The van der Waals surface area contributed by atoms with E-state index < -0.39 is 0 Å². The summed E-state index contributed by atoms with van der Waals surface area (Å²) in [4.78, 5) is 0. The first-order valence-electron chi connectivity index (χ1n) is 4.34. The Morgan fingerprint density at radius 2 is 1.92 bits per heavy atom. The van der Waals surface area contributed by atoms with E-state index in [1.54, 1.807) is 0 Å². The fraction of sp³-hybridized carbons (Fsp3) is 0.455. The summed E-state index contributed by atoms with van der Waals surface area (Å²) in [7, 11) is 0. The molecule has 0 nitrogen and oxygen atoms in total. The van der Waals surface area contributed by atoms with Crippen LogP contribution in [0, 0.1) is 0 Å². The van der Waals surface area contributed by atoms with Crippen molar-refractivity contribution >= 4 is 0 Å². The lowest BCUT2D eigenvalue weighted by molar-refractivity contribution is 0.638. The average molecular weight is 168 g/mol. The van der Waals surface area contributed by atoms with E-state index in [1.807, 2.05) is 20.8 Å². The van der Waals surface area contributed by atoms with E-state index >= 15 is 0 Å². The van der Waals surface area contributed by atoms with E-state index in [0.29, 0.717) is 0 Å². The third-order valence-electron chi connectivity index (χ3n) is 1.95. The number of rotatable bonds is 4. The molecule has 0 aromatic carbocycles. The van der Waals surface area contributed by atoms with Gasteiger partial charge in [-0.05, 0) is 31.4 Å². The van der Waals surface area contributed by atoms with Crippen LogP contribution in [0.1, 0.15) is 33.6 Å². The first-order valence-corrected chi connectivity index (χ1v) is 4.34. The third-order valence-corrected chi connectivity index (χ3v) is 1.95. The van der Waals surface area contributed by atoms with E-state index in [4.69, 9.17) is 0 Å². The molecule has 0 fully saturated rings. The molecular weight excluding hydrogens is 151 g/mol. The molecule has 1 heteroatoms. The highest BCUT2D eigenvalue weighted by molar-refractivity contribution is 5.31. The molecule has 0 unspecified atom stereocenters. The first-order chi connectivity index (χ1) is 5.67. The maximum atomic E-state index is 13.2. The van der Waals surface area contributed by atoms with Crippen LogP contribution >= 0.6 is 0 Å². The van der Waals surface area contributed by atoms with Crippen LogP contribution in [0.4, 0.5) is 4.39 Å². The second-order valence-corrected chi connectivity index (χ2v) is 2.72. The average Bonchev–Trinajstić information content (AvgIpc) is 2.06. The Balaban J connectivity index is 4.78. The van der Waals surface area contributed by atoms with Crippen LogP contribution in [0.3, 0.4) is 0 Å². The molecule has 12 heavy (non-hydrogen) atoms. The van der Waals surface area contributed by atoms with Crippen LogP contribution < -0.4 is 0 Å². The topological polar surface area (TPSA) is 0 Å². The van der Waals surface area contributed by atoms with Gasteiger partial charge in [0.05, 0.1) is 0 Å². The second kappa shape index (κ2) is 5.76. The quantitative estimate of drug-likeness (QED) is 0.553. The molecule has 0 saturated heterocycles. The summed E-state index contributed by atoms with van der Waals surface area (Å²) in [6.45, 7) is 9.43. The molecule has 68 valence electrons. The van der Waals surface area contributed by atoms with Gasteiger partial charge in [-0.1, -0.05) is 32.1 Å². The summed E-state index contributed by atoms with van der Waals surface area (Å²) in [5.74, 6) is -0.146. The van der Waals surface area contributed by atoms with Crippen LogP contribution in [0.2, 0.25) is 0 Å². The van der Waals surface area contributed by atoms with Crippen LogP contribution in [-0.4, -0.2) is 0 Å². The largest absolute Gasteiger partial charge is 0.207 e. The Hall–Kier alpha value is -0.850. The Morgan fingerprint density at radius 3 is 2.25 bits per heavy atom. The van der Waals surface area contributed by atoms with Crippen molar-refractivity contribution in [2.24, 2.45) is 0 Å². The minimum atomic E-state index is -0.146. The van der Waals surface area contributed by atoms with Crippen LogP contribution in [0.25, 0.3) is 0 Å². The molecule has 0 aliphatic carbocycles. The maximum Gasteiger partial charge on any atom is 0.126 e.